The predicted molar refractivity (Wildman–Crippen MR) is 79.3 cm³/mol. The van der Waals surface area contributed by atoms with Crippen LogP contribution in [0.5, 0.6) is 0 Å². The van der Waals surface area contributed by atoms with Gasteiger partial charge in [0.15, 0.2) is 0 Å². The lowest BCUT2D eigenvalue weighted by Gasteiger charge is -2.30. The summed E-state index contributed by atoms with van der Waals surface area (Å²) in [5, 5.41) is 14.2. The molecule has 1 fully saturated rings. The molecule has 1 saturated heterocycles. The van der Waals surface area contributed by atoms with Gasteiger partial charge in [-0.3, -0.25) is 14.9 Å². The molecule has 1 unspecified atom stereocenters. The van der Waals surface area contributed by atoms with E-state index in [0.29, 0.717) is 24.8 Å². The van der Waals surface area contributed by atoms with Gasteiger partial charge in [-0.05, 0) is 26.3 Å². The van der Waals surface area contributed by atoms with Crippen molar-refractivity contribution >= 4 is 11.6 Å². The average molecular weight is 294 g/mol. The molecule has 1 amide bonds. The summed E-state index contributed by atoms with van der Waals surface area (Å²) in [5.41, 5.74) is 0.312. The van der Waals surface area contributed by atoms with Gasteiger partial charge in [0.1, 0.15) is 5.69 Å². The van der Waals surface area contributed by atoms with Gasteiger partial charge in [0.05, 0.1) is 11.1 Å². The van der Waals surface area contributed by atoms with Crippen molar-refractivity contribution in [3.8, 4) is 0 Å². The lowest BCUT2D eigenvalue weighted by atomic mass is 10.0. The third-order valence-electron chi connectivity index (χ3n) is 3.94. The SMILES string of the molecule is CCN(CC1CCCCN1)C(=O)c1cc([N+](=O)[O-])cn1C. The van der Waals surface area contributed by atoms with Crippen LogP contribution in [0.2, 0.25) is 0 Å². The molecule has 2 heterocycles. The van der Waals surface area contributed by atoms with Crippen molar-refractivity contribution in [2.75, 3.05) is 19.6 Å². The van der Waals surface area contributed by atoms with E-state index in [-0.39, 0.29) is 11.6 Å². The van der Waals surface area contributed by atoms with E-state index in [2.05, 4.69) is 5.32 Å². The Morgan fingerprint density at radius 3 is 2.86 bits per heavy atom. The highest BCUT2D eigenvalue weighted by molar-refractivity contribution is 5.93. The van der Waals surface area contributed by atoms with E-state index in [9.17, 15) is 14.9 Å². The Bertz CT molecular complexity index is 520. The summed E-state index contributed by atoms with van der Waals surface area (Å²) in [6, 6.07) is 1.66. The Morgan fingerprint density at radius 2 is 2.33 bits per heavy atom. The second kappa shape index (κ2) is 6.71. The van der Waals surface area contributed by atoms with Gasteiger partial charge in [0, 0.05) is 32.2 Å². The topological polar surface area (TPSA) is 80.4 Å². The standard InChI is InChI=1S/C14H22N4O3/c1-3-17(9-11-6-4-5-7-15-11)14(19)13-8-12(18(20)21)10-16(13)2/h8,10-11,15H,3-7,9H2,1-2H3. The number of hydrogen-bond acceptors (Lipinski definition) is 4. The summed E-state index contributed by atoms with van der Waals surface area (Å²) in [4.78, 5) is 24.6. The number of carbonyl (C=O) groups excluding carboxylic acids is 1. The van der Waals surface area contributed by atoms with Crippen molar-refractivity contribution in [1.82, 2.24) is 14.8 Å². The predicted octanol–water partition coefficient (Wildman–Crippen LogP) is 1.54. The van der Waals surface area contributed by atoms with Gasteiger partial charge in [-0.25, -0.2) is 0 Å². The van der Waals surface area contributed by atoms with Crippen molar-refractivity contribution in [1.29, 1.82) is 0 Å². The molecule has 1 aliphatic heterocycles. The number of hydrogen-bond donors (Lipinski definition) is 1. The van der Waals surface area contributed by atoms with E-state index >= 15 is 0 Å². The number of aryl methyl sites for hydroxylation is 1. The second-order valence-electron chi connectivity index (χ2n) is 5.44. The van der Waals surface area contributed by atoms with Crippen LogP contribution in [0, 0.1) is 10.1 Å². The number of nitrogens with one attached hydrogen (secondary N) is 1. The lowest BCUT2D eigenvalue weighted by molar-refractivity contribution is -0.384. The minimum absolute atomic E-state index is 0.0484. The zero-order valence-corrected chi connectivity index (χ0v) is 12.5. The molecule has 1 aromatic rings. The second-order valence-corrected chi connectivity index (χ2v) is 5.44. The number of likely N-dealkylation sites (N-methyl/N-ethyl adjacent to an activating group) is 1. The van der Waals surface area contributed by atoms with Crippen LogP contribution in [0.15, 0.2) is 12.3 Å². The molecule has 1 aromatic heterocycles. The molecule has 116 valence electrons. The fourth-order valence-corrected chi connectivity index (χ4v) is 2.72. The Kier molecular flexibility index (Phi) is 4.95. The Labute approximate surface area is 124 Å². The van der Waals surface area contributed by atoms with E-state index in [1.807, 2.05) is 6.92 Å². The highest BCUT2D eigenvalue weighted by atomic mass is 16.6. The third kappa shape index (κ3) is 3.60. The van der Waals surface area contributed by atoms with Crippen LogP contribution in [0.25, 0.3) is 0 Å². The fourth-order valence-electron chi connectivity index (χ4n) is 2.72. The Balaban J connectivity index is 2.10. The Hall–Kier alpha value is -1.89. The normalized spacial score (nSPS) is 18.5. The van der Waals surface area contributed by atoms with Crippen LogP contribution in [0.4, 0.5) is 5.69 Å². The zero-order chi connectivity index (χ0) is 15.4. The molecule has 0 aliphatic carbocycles. The Morgan fingerprint density at radius 1 is 1.57 bits per heavy atom. The number of nitro groups is 1. The van der Waals surface area contributed by atoms with Gasteiger partial charge in [0.2, 0.25) is 0 Å². The number of aromatic nitrogens is 1. The van der Waals surface area contributed by atoms with Crippen LogP contribution in [0.1, 0.15) is 36.7 Å². The number of amides is 1. The molecule has 7 heteroatoms. The van der Waals surface area contributed by atoms with Gasteiger partial charge in [0.25, 0.3) is 11.6 Å². The number of rotatable bonds is 5. The number of carbonyl (C=O) groups is 1. The molecule has 0 bridgehead atoms. The smallest absolute Gasteiger partial charge is 0.287 e. The lowest BCUT2D eigenvalue weighted by Crippen LogP contribution is -2.46. The van der Waals surface area contributed by atoms with Crippen molar-refractivity contribution in [2.45, 2.75) is 32.2 Å². The molecule has 1 aliphatic rings. The molecule has 21 heavy (non-hydrogen) atoms. The number of piperidine rings is 1. The maximum Gasteiger partial charge on any atom is 0.287 e. The maximum absolute atomic E-state index is 12.6. The molecule has 0 radical (unpaired) electrons. The summed E-state index contributed by atoms with van der Waals surface area (Å²) in [6.07, 6.45) is 4.80. The van der Waals surface area contributed by atoms with Gasteiger partial charge in [-0.2, -0.15) is 0 Å². The van der Waals surface area contributed by atoms with Gasteiger partial charge in [-0.15, -0.1) is 0 Å². The maximum atomic E-state index is 12.6. The first-order valence-corrected chi connectivity index (χ1v) is 7.36. The monoisotopic (exact) mass is 294 g/mol. The van der Waals surface area contributed by atoms with Crippen molar-refractivity contribution in [3.05, 3.63) is 28.1 Å². The fraction of sp³-hybridized carbons (Fsp3) is 0.643. The summed E-state index contributed by atoms with van der Waals surface area (Å²) in [7, 11) is 1.66. The molecule has 0 saturated carbocycles. The molecule has 2 rings (SSSR count). The summed E-state index contributed by atoms with van der Waals surface area (Å²) in [5.74, 6) is -0.152. The minimum Gasteiger partial charge on any atom is -0.340 e. The van der Waals surface area contributed by atoms with E-state index in [0.717, 1.165) is 13.0 Å². The van der Waals surface area contributed by atoms with Crippen molar-refractivity contribution in [2.24, 2.45) is 7.05 Å². The average Bonchev–Trinajstić information content (AvgIpc) is 2.87. The molecule has 1 atom stereocenters. The first-order chi connectivity index (χ1) is 10.0. The molecular weight excluding hydrogens is 272 g/mol. The number of nitrogens with zero attached hydrogens (tertiary/aromatic N) is 3. The highest BCUT2D eigenvalue weighted by Gasteiger charge is 2.24. The van der Waals surface area contributed by atoms with E-state index in [4.69, 9.17) is 0 Å². The molecule has 0 spiro atoms. The highest BCUT2D eigenvalue weighted by Crippen LogP contribution is 2.17. The quantitative estimate of drug-likeness (QED) is 0.660. The summed E-state index contributed by atoms with van der Waals surface area (Å²) in [6.45, 7) is 4.16. The minimum atomic E-state index is -0.476. The van der Waals surface area contributed by atoms with E-state index < -0.39 is 4.92 Å². The third-order valence-corrected chi connectivity index (χ3v) is 3.94. The van der Waals surface area contributed by atoms with Crippen LogP contribution < -0.4 is 5.32 Å². The van der Waals surface area contributed by atoms with Gasteiger partial charge in [-0.1, -0.05) is 6.42 Å². The molecule has 1 N–H and O–H groups in total. The summed E-state index contributed by atoms with van der Waals surface area (Å²) >= 11 is 0. The van der Waals surface area contributed by atoms with Gasteiger partial charge >= 0.3 is 0 Å². The van der Waals surface area contributed by atoms with E-state index in [1.54, 1.807) is 11.9 Å². The van der Waals surface area contributed by atoms with Crippen LogP contribution in [-0.2, 0) is 7.05 Å². The van der Waals surface area contributed by atoms with Crippen molar-refractivity contribution in [3.63, 3.8) is 0 Å². The van der Waals surface area contributed by atoms with Gasteiger partial charge < -0.3 is 14.8 Å². The van der Waals surface area contributed by atoms with Crippen LogP contribution in [-0.4, -0.2) is 46.0 Å². The molecule has 0 aromatic carbocycles. The van der Waals surface area contributed by atoms with Crippen LogP contribution >= 0.6 is 0 Å². The van der Waals surface area contributed by atoms with E-state index in [1.165, 1.54) is 29.7 Å². The molecule has 7 nitrogen and oxygen atoms in total. The van der Waals surface area contributed by atoms with Crippen LogP contribution in [0.3, 0.4) is 0 Å². The van der Waals surface area contributed by atoms with Crippen molar-refractivity contribution < 1.29 is 9.72 Å². The largest absolute Gasteiger partial charge is 0.340 e. The first kappa shape index (κ1) is 15.5. The molecular formula is C14H22N4O3. The summed E-state index contributed by atoms with van der Waals surface area (Å²) < 4.78 is 1.53. The first-order valence-electron chi connectivity index (χ1n) is 7.36. The zero-order valence-electron chi connectivity index (χ0n) is 12.5.